The number of imidazole rings is 1. The molecule has 0 unspecified atom stereocenters. The molecule has 0 spiro atoms. The van der Waals surface area contributed by atoms with Crippen molar-refractivity contribution in [2.75, 3.05) is 18.0 Å². The number of fused-ring (bicyclic) bond motifs is 2. The molecule has 0 fully saturated rings. The van der Waals surface area contributed by atoms with E-state index in [0.717, 1.165) is 35.5 Å². The number of aromatic nitrogens is 3. The molecule has 2 N–H and O–H groups in total. The van der Waals surface area contributed by atoms with Gasteiger partial charge in [0, 0.05) is 36.4 Å². The average Bonchev–Trinajstić information content (AvgIpc) is 3.36. The Bertz CT molecular complexity index is 1210. The maximum absolute atomic E-state index is 12.7. The Morgan fingerprint density at radius 1 is 1.23 bits per heavy atom. The zero-order chi connectivity index (χ0) is 21.1. The molecule has 0 radical (unpaired) electrons. The predicted octanol–water partition coefficient (Wildman–Crippen LogP) is 3.33. The van der Waals surface area contributed by atoms with Gasteiger partial charge in [0.2, 0.25) is 6.41 Å². The minimum Gasteiger partial charge on any atom is -0.361 e. The number of hydrogen-bond donors (Lipinski definition) is 2. The van der Waals surface area contributed by atoms with Crippen LogP contribution in [0.15, 0.2) is 48.8 Å². The van der Waals surface area contributed by atoms with Gasteiger partial charge in [0.15, 0.2) is 0 Å². The highest BCUT2D eigenvalue weighted by atomic mass is 16.1. The molecule has 0 aliphatic carbocycles. The number of aromatic amines is 1. The molecule has 154 valence electrons. The van der Waals surface area contributed by atoms with E-state index in [-0.39, 0.29) is 5.91 Å². The van der Waals surface area contributed by atoms with E-state index in [1.807, 2.05) is 48.7 Å². The van der Waals surface area contributed by atoms with Crippen LogP contribution in [-0.4, -0.2) is 39.8 Å². The van der Waals surface area contributed by atoms with Gasteiger partial charge < -0.3 is 10.3 Å². The van der Waals surface area contributed by atoms with E-state index in [4.69, 9.17) is 0 Å². The second kappa shape index (κ2) is 8.41. The third kappa shape index (κ3) is 3.54. The number of pyridine rings is 1. The molecule has 0 atom stereocenters. The molecule has 1 aromatic carbocycles. The summed E-state index contributed by atoms with van der Waals surface area (Å²) in [7, 11) is 0. The van der Waals surface area contributed by atoms with E-state index in [9.17, 15) is 9.59 Å². The third-order valence-corrected chi connectivity index (χ3v) is 5.35. The zero-order valence-electron chi connectivity index (χ0n) is 17.2. The summed E-state index contributed by atoms with van der Waals surface area (Å²) in [4.78, 5) is 33.7. The van der Waals surface area contributed by atoms with Gasteiger partial charge in [-0.1, -0.05) is 25.1 Å². The van der Waals surface area contributed by atoms with Crippen LogP contribution in [0.2, 0.25) is 0 Å². The van der Waals surface area contributed by atoms with Crippen molar-refractivity contribution < 1.29 is 9.59 Å². The van der Waals surface area contributed by atoms with Gasteiger partial charge in [0.1, 0.15) is 11.5 Å². The number of H-pyrrole nitrogens is 1. The number of amides is 2. The number of para-hydroxylation sites is 1. The highest BCUT2D eigenvalue weighted by molar-refractivity contribution is 5.94. The molecule has 2 amide bonds. The first-order chi connectivity index (χ1) is 14.7. The van der Waals surface area contributed by atoms with Gasteiger partial charge in [-0.2, -0.15) is 0 Å². The molecule has 4 rings (SSSR count). The number of carbonyl (C=O) groups is 2. The minimum atomic E-state index is -0.149. The summed E-state index contributed by atoms with van der Waals surface area (Å²) in [5.74, 6) is 0.571. The number of carbonyl (C=O) groups excluding carboxylic acids is 2. The molecule has 7 heteroatoms. The molecule has 0 saturated heterocycles. The SMILES string of the molecule is CCc1nc2ccc(C(=O)NCCc3c[nH]c4ccccc34)cn2c1N(C=O)CC. The van der Waals surface area contributed by atoms with E-state index < -0.39 is 0 Å². The fraction of sp³-hybridized carbons (Fsp3) is 0.261. The van der Waals surface area contributed by atoms with E-state index in [2.05, 4.69) is 21.4 Å². The van der Waals surface area contributed by atoms with Gasteiger partial charge in [0.05, 0.1) is 11.3 Å². The highest BCUT2D eigenvalue weighted by Gasteiger charge is 2.17. The average molecular weight is 403 g/mol. The summed E-state index contributed by atoms with van der Waals surface area (Å²) in [6.45, 7) is 4.98. The first-order valence-corrected chi connectivity index (χ1v) is 10.2. The summed E-state index contributed by atoms with van der Waals surface area (Å²) in [6, 6.07) is 11.7. The van der Waals surface area contributed by atoms with E-state index in [1.165, 1.54) is 10.9 Å². The second-order valence-electron chi connectivity index (χ2n) is 7.14. The summed E-state index contributed by atoms with van der Waals surface area (Å²) >= 11 is 0. The Kier molecular flexibility index (Phi) is 5.52. The van der Waals surface area contributed by atoms with Crippen LogP contribution in [0.25, 0.3) is 16.6 Å². The van der Waals surface area contributed by atoms with Crippen molar-refractivity contribution in [2.24, 2.45) is 0 Å². The fourth-order valence-electron chi connectivity index (χ4n) is 3.78. The van der Waals surface area contributed by atoms with Gasteiger partial charge >= 0.3 is 0 Å². The lowest BCUT2D eigenvalue weighted by atomic mass is 10.1. The molecule has 0 aliphatic heterocycles. The predicted molar refractivity (Wildman–Crippen MR) is 118 cm³/mol. The summed E-state index contributed by atoms with van der Waals surface area (Å²) in [5.41, 5.74) is 4.36. The number of nitrogens with zero attached hydrogens (tertiary/aromatic N) is 3. The Balaban J connectivity index is 1.53. The van der Waals surface area contributed by atoms with Crippen molar-refractivity contribution in [3.63, 3.8) is 0 Å². The summed E-state index contributed by atoms with van der Waals surface area (Å²) < 4.78 is 1.82. The van der Waals surface area contributed by atoms with Crippen LogP contribution in [0, 0.1) is 0 Å². The van der Waals surface area contributed by atoms with E-state index >= 15 is 0 Å². The Hall–Kier alpha value is -3.61. The standard InChI is InChI=1S/C23H25N5O2/c1-3-19-23(27(4-2)15-29)28-14-17(9-10-21(28)26-19)22(30)24-12-11-16-13-25-20-8-6-5-7-18(16)20/h5-10,13-15,25H,3-4,11-12H2,1-2H3,(H,24,30). The number of rotatable bonds is 8. The fourth-order valence-corrected chi connectivity index (χ4v) is 3.78. The van der Waals surface area contributed by atoms with Crippen LogP contribution in [0.4, 0.5) is 5.82 Å². The topological polar surface area (TPSA) is 82.5 Å². The Morgan fingerprint density at radius 2 is 2.07 bits per heavy atom. The largest absolute Gasteiger partial charge is 0.361 e. The number of aryl methyl sites for hydroxylation is 1. The Labute approximate surface area is 174 Å². The van der Waals surface area contributed by atoms with Crippen molar-refractivity contribution in [3.8, 4) is 0 Å². The molecule has 0 aliphatic rings. The van der Waals surface area contributed by atoms with Gasteiger partial charge in [-0.05, 0) is 43.5 Å². The monoisotopic (exact) mass is 403 g/mol. The summed E-state index contributed by atoms with van der Waals surface area (Å²) in [6.07, 6.45) is 5.99. The van der Waals surface area contributed by atoms with Crippen molar-refractivity contribution in [2.45, 2.75) is 26.7 Å². The zero-order valence-corrected chi connectivity index (χ0v) is 17.2. The van der Waals surface area contributed by atoms with Gasteiger partial charge in [-0.3, -0.25) is 18.9 Å². The van der Waals surface area contributed by atoms with Gasteiger partial charge in [0.25, 0.3) is 5.91 Å². The van der Waals surface area contributed by atoms with Crippen LogP contribution in [0.3, 0.4) is 0 Å². The molecular weight excluding hydrogens is 378 g/mol. The van der Waals surface area contributed by atoms with E-state index in [1.54, 1.807) is 17.2 Å². The molecule has 0 bridgehead atoms. The molecule has 4 aromatic rings. The number of benzene rings is 1. The molecule has 7 nitrogen and oxygen atoms in total. The number of nitrogens with one attached hydrogen (secondary N) is 2. The normalized spacial score (nSPS) is 11.1. The molecular formula is C23H25N5O2. The van der Waals surface area contributed by atoms with E-state index in [0.29, 0.717) is 25.1 Å². The lowest BCUT2D eigenvalue weighted by molar-refractivity contribution is -0.107. The first kappa shape index (κ1) is 19.7. The third-order valence-electron chi connectivity index (χ3n) is 5.35. The smallest absolute Gasteiger partial charge is 0.252 e. The molecule has 3 heterocycles. The minimum absolute atomic E-state index is 0.149. The maximum Gasteiger partial charge on any atom is 0.252 e. The number of hydrogen-bond acceptors (Lipinski definition) is 3. The van der Waals surface area contributed by atoms with Crippen LogP contribution < -0.4 is 10.2 Å². The van der Waals surface area contributed by atoms with Crippen LogP contribution in [0.1, 0.15) is 35.5 Å². The quantitative estimate of drug-likeness (QED) is 0.443. The van der Waals surface area contributed by atoms with Gasteiger partial charge in [-0.15, -0.1) is 0 Å². The maximum atomic E-state index is 12.7. The molecule has 30 heavy (non-hydrogen) atoms. The van der Waals surface area contributed by atoms with Crippen LogP contribution >= 0.6 is 0 Å². The van der Waals surface area contributed by atoms with Crippen molar-refractivity contribution in [3.05, 3.63) is 65.6 Å². The second-order valence-corrected chi connectivity index (χ2v) is 7.14. The van der Waals surface area contributed by atoms with Crippen LogP contribution in [0.5, 0.6) is 0 Å². The highest BCUT2D eigenvalue weighted by Crippen LogP contribution is 2.23. The van der Waals surface area contributed by atoms with Crippen molar-refractivity contribution in [1.82, 2.24) is 19.7 Å². The van der Waals surface area contributed by atoms with Crippen LogP contribution in [-0.2, 0) is 17.6 Å². The lowest BCUT2D eigenvalue weighted by Gasteiger charge is -2.16. The molecule has 3 aromatic heterocycles. The molecule has 0 saturated carbocycles. The van der Waals surface area contributed by atoms with Gasteiger partial charge in [-0.25, -0.2) is 4.98 Å². The van der Waals surface area contributed by atoms with Crippen molar-refractivity contribution >= 4 is 34.7 Å². The first-order valence-electron chi connectivity index (χ1n) is 10.2. The summed E-state index contributed by atoms with van der Waals surface area (Å²) in [5, 5.41) is 4.17. The number of anilines is 1. The Morgan fingerprint density at radius 3 is 2.83 bits per heavy atom. The van der Waals surface area contributed by atoms with Crippen molar-refractivity contribution in [1.29, 1.82) is 0 Å². The lowest BCUT2D eigenvalue weighted by Crippen LogP contribution is -2.26.